The van der Waals surface area contributed by atoms with Crippen LogP contribution in [-0.4, -0.2) is 20.6 Å². The molecule has 13 heavy (non-hydrogen) atoms. The molecule has 0 saturated heterocycles. The van der Waals surface area contributed by atoms with E-state index < -0.39 is 4.75 Å². The minimum atomic E-state index is -0.566. The summed E-state index contributed by atoms with van der Waals surface area (Å²) < 4.78 is -0.566. The molecule has 1 aromatic heterocycles. The lowest BCUT2D eigenvalue weighted by atomic mass is 10.1. The van der Waals surface area contributed by atoms with Crippen LogP contribution < -0.4 is 5.73 Å². The summed E-state index contributed by atoms with van der Waals surface area (Å²) in [6.07, 6.45) is 3.83. The van der Waals surface area contributed by atoms with E-state index in [4.69, 9.17) is 5.73 Å². The Bertz CT molecular complexity index is 341. The summed E-state index contributed by atoms with van der Waals surface area (Å²) in [5, 5.41) is 0.823. The third-order valence-corrected chi connectivity index (χ3v) is 3.41. The van der Waals surface area contributed by atoms with Crippen LogP contribution in [0.3, 0.4) is 0 Å². The van der Waals surface area contributed by atoms with Crippen molar-refractivity contribution in [2.45, 2.75) is 23.1 Å². The number of amides is 1. The highest BCUT2D eigenvalue weighted by Gasteiger charge is 2.40. The first kappa shape index (κ1) is 8.50. The van der Waals surface area contributed by atoms with Gasteiger partial charge in [-0.1, -0.05) is 11.8 Å². The van der Waals surface area contributed by atoms with E-state index in [2.05, 4.69) is 9.97 Å². The third-order valence-electron chi connectivity index (χ3n) is 2.08. The Hall–Kier alpha value is -1.10. The van der Waals surface area contributed by atoms with Crippen molar-refractivity contribution in [3.63, 3.8) is 0 Å². The number of fused-ring (bicyclic) bond motifs is 1. The van der Waals surface area contributed by atoms with Crippen LogP contribution in [0, 0.1) is 0 Å². The number of thioether (sulfide) groups is 1. The molecule has 1 atom stereocenters. The van der Waals surface area contributed by atoms with Crippen LogP contribution in [0.2, 0.25) is 0 Å². The first-order chi connectivity index (χ1) is 6.12. The highest BCUT2D eigenvalue weighted by Crippen LogP contribution is 2.42. The van der Waals surface area contributed by atoms with Gasteiger partial charge in [0.15, 0.2) is 0 Å². The molecule has 68 valence electrons. The second-order valence-corrected chi connectivity index (χ2v) is 4.67. The number of carbonyl (C=O) groups is 1. The van der Waals surface area contributed by atoms with Gasteiger partial charge >= 0.3 is 0 Å². The van der Waals surface area contributed by atoms with Crippen molar-refractivity contribution < 1.29 is 4.79 Å². The molecule has 1 aliphatic rings. The Morgan fingerprint density at radius 2 is 2.31 bits per heavy atom. The number of nitrogens with two attached hydrogens (primary N) is 1. The zero-order valence-electron chi connectivity index (χ0n) is 7.15. The maximum Gasteiger partial charge on any atom is 0.234 e. The van der Waals surface area contributed by atoms with Gasteiger partial charge in [-0.15, -0.1) is 0 Å². The number of hydrogen-bond donors (Lipinski definition) is 1. The van der Waals surface area contributed by atoms with Gasteiger partial charge in [0.1, 0.15) is 9.77 Å². The van der Waals surface area contributed by atoms with Crippen LogP contribution in [0.15, 0.2) is 17.4 Å². The van der Waals surface area contributed by atoms with E-state index in [-0.39, 0.29) is 5.91 Å². The molecule has 0 aromatic carbocycles. The van der Waals surface area contributed by atoms with E-state index in [9.17, 15) is 4.79 Å². The van der Waals surface area contributed by atoms with E-state index in [1.165, 1.54) is 11.8 Å². The molecular weight excluding hydrogens is 186 g/mol. The maximum atomic E-state index is 11.1. The van der Waals surface area contributed by atoms with Gasteiger partial charge in [0.25, 0.3) is 0 Å². The fraction of sp³-hybridized carbons (Fsp3) is 0.375. The van der Waals surface area contributed by atoms with Gasteiger partial charge in [-0.2, -0.15) is 0 Å². The fourth-order valence-electron chi connectivity index (χ4n) is 1.27. The smallest absolute Gasteiger partial charge is 0.234 e. The van der Waals surface area contributed by atoms with Gasteiger partial charge in [-0.25, -0.2) is 4.98 Å². The highest BCUT2D eigenvalue weighted by atomic mass is 32.2. The Morgan fingerprint density at radius 3 is 2.92 bits per heavy atom. The molecule has 1 aromatic rings. The van der Waals surface area contributed by atoms with Crippen LogP contribution in [0.5, 0.6) is 0 Å². The van der Waals surface area contributed by atoms with Gasteiger partial charge in [0.2, 0.25) is 5.91 Å². The SMILES string of the molecule is CC1(C(N)=O)Cc2nccnc2S1. The van der Waals surface area contributed by atoms with Crippen molar-refractivity contribution in [3.05, 3.63) is 18.1 Å². The number of primary amides is 1. The molecule has 0 fully saturated rings. The molecule has 0 spiro atoms. The standard InChI is InChI=1S/C8H9N3OS/c1-8(7(9)12)4-5-6(13-8)11-3-2-10-5/h2-3H,4H2,1H3,(H2,9,12). The lowest BCUT2D eigenvalue weighted by molar-refractivity contribution is -0.119. The van der Waals surface area contributed by atoms with Crippen molar-refractivity contribution in [1.29, 1.82) is 0 Å². The predicted octanol–water partition coefficient (Wildman–Crippen LogP) is 0.369. The monoisotopic (exact) mass is 195 g/mol. The van der Waals surface area contributed by atoms with E-state index >= 15 is 0 Å². The molecule has 1 amide bonds. The Balaban J connectivity index is 2.37. The quantitative estimate of drug-likeness (QED) is 0.703. The van der Waals surface area contributed by atoms with Gasteiger partial charge < -0.3 is 5.73 Å². The first-order valence-corrected chi connectivity index (χ1v) is 4.72. The van der Waals surface area contributed by atoms with Gasteiger partial charge in [-0.3, -0.25) is 9.78 Å². The van der Waals surface area contributed by atoms with Crippen molar-refractivity contribution in [2.75, 3.05) is 0 Å². The van der Waals surface area contributed by atoms with Crippen LogP contribution in [0.4, 0.5) is 0 Å². The van der Waals surface area contributed by atoms with Gasteiger partial charge in [0.05, 0.1) is 5.69 Å². The molecule has 1 unspecified atom stereocenters. The topological polar surface area (TPSA) is 68.9 Å². The molecule has 0 aliphatic carbocycles. The molecule has 1 aliphatic heterocycles. The summed E-state index contributed by atoms with van der Waals surface area (Å²) in [4.78, 5) is 19.4. The number of rotatable bonds is 1. The number of aromatic nitrogens is 2. The Kier molecular flexibility index (Phi) is 1.76. The summed E-state index contributed by atoms with van der Waals surface area (Å²) in [6, 6.07) is 0. The molecule has 2 rings (SSSR count). The number of nitrogens with zero attached hydrogens (tertiary/aromatic N) is 2. The first-order valence-electron chi connectivity index (χ1n) is 3.91. The van der Waals surface area contributed by atoms with Crippen LogP contribution >= 0.6 is 11.8 Å². The molecule has 0 radical (unpaired) electrons. The Labute approximate surface area is 79.9 Å². The molecule has 2 heterocycles. The zero-order valence-corrected chi connectivity index (χ0v) is 7.97. The lowest BCUT2D eigenvalue weighted by Gasteiger charge is -2.15. The Morgan fingerprint density at radius 1 is 1.62 bits per heavy atom. The molecule has 2 N–H and O–H groups in total. The van der Waals surface area contributed by atoms with Crippen LogP contribution in [0.25, 0.3) is 0 Å². The van der Waals surface area contributed by atoms with E-state index in [0.717, 1.165) is 10.7 Å². The van der Waals surface area contributed by atoms with Crippen LogP contribution in [-0.2, 0) is 11.2 Å². The summed E-state index contributed by atoms with van der Waals surface area (Å²) in [5.74, 6) is -0.308. The second-order valence-electron chi connectivity index (χ2n) is 3.18. The van der Waals surface area contributed by atoms with E-state index in [1.54, 1.807) is 12.4 Å². The minimum absolute atomic E-state index is 0.308. The molecular formula is C8H9N3OS. The van der Waals surface area contributed by atoms with Crippen molar-refractivity contribution in [1.82, 2.24) is 9.97 Å². The second kappa shape index (κ2) is 2.70. The number of carbonyl (C=O) groups excluding carboxylic acids is 1. The van der Waals surface area contributed by atoms with E-state index in [0.29, 0.717) is 6.42 Å². The maximum absolute atomic E-state index is 11.1. The molecule has 4 nitrogen and oxygen atoms in total. The minimum Gasteiger partial charge on any atom is -0.368 e. The largest absolute Gasteiger partial charge is 0.368 e. The van der Waals surface area contributed by atoms with Gasteiger partial charge in [-0.05, 0) is 6.92 Å². The van der Waals surface area contributed by atoms with E-state index in [1.807, 2.05) is 6.92 Å². The normalized spacial score (nSPS) is 25.6. The lowest BCUT2D eigenvalue weighted by Crippen LogP contribution is -2.37. The van der Waals surface area contributed by atoms with Crippen molar-refractivity contribution in [3.8, 4) is 0 Å². The summed E-state index contributed by atoms with van der Waals surface area (Å²) >= 11 is 1.40. The van der Waals surface area contributed by atoms with Crippen molar-refractivity contribution >= 4 is 17.7 Å². The third kappa shape index (κ3) is 1.29. The van der Waals surface area contributed by atoms with Gasteiger partial charge in [0, 0.05) is 18.8 Å². The summed E-state index contributed by atoms with van der Waals surface area (Å²) in [5.41, 5.74) is 6.17. The molecule has 0 bridgehead atoms. The van der Waals surface area contributed by atoms with Crippen LogP contribution in [0.1, 0.15) is 12.6 Å². The number of hydrogen-bond acceptors (Lipinski definition) is 4. The fourth-order valence-corrected chi connectivity index (χ4v) is 2.36. The predicted molar refractivity (Wildman–Crippen MR) is 49.2 cm³/mol. The summed E-state index contributed by atoms with van der Waals surface area (Å²) in [6.45, 7) is 1.82. The zero-order chi connectivity index (χ0) is 9.47. The van der Waals surface area contributed by atoms with Crippen molar-refractivity contribution in [2.24, 2.45) is 5.73 Å². The molecule has 5 heteroatoms. The average molecular weight is 195 g/mol. The average Bonchev–Trinajstić information content (AvgIpc) is 2.42. The highest BCUT2D eigenvalue weighted by molar-refractivity contribution is 8.01. The summed E-state index contributed by atoms with van der Waals surface area (Å²) in [7, 11) is 0. The molecule has 0 saturated carbocycles.